The molecule has 0 radical (unpaired) electrons. The van der Waals surface area contributed by atoms with Gasteiger partial charge in [0.15, 0.2) is 11.6 Å². The molecule has 2 aliphatic rings. The first kappa shape index (κ1) is 16.1. The predicted molar refractivity (Wildman–Crippen MR) is 89.7 cm³/mol. The van der Waals surface area contributed by atoms with Crippen LogP contribution in [0.1, 0.15) is 38.3 Å². The summed E-state index contributed by atoms with van der Waals surface area (Å²) in [6.07, 6.45) is 4.14. The molecule has 4 nitrogen and oxygen atoms in total. The van der Waals surface area contributed by atoms with E-state index in [2.05, 4.69) is 29.8 Å². The van der Waals surface area contributed by atoms with Crippen LogP contribution in [0.4, 0.5) is 4.39 Å². The molecule has 1 fully saturated rings. The topological polar surface area (TPSA) is 45.3 Å². The van der Waals surface area contributed by atoms with Gasteiger partial charge < -0.3 is 20.7 Å². The summed E-state index contributed by atoms with van der Waals surface area (Å²) >= 11 is 0. The van der Waals surface area contributed by atoms with E-state index in [0.29, 0.717) is 24.3 Å². The normalized spacial score (nSPS) is 22.0. The Kier molecular flexibility index (Phi) is 5.06. The summed E-state index contributed by atoms with van der Waals surface area (Å²) in [6, 6.07) is 5.84. The molecule has 3 N–H and O–H groups in total. The van der Waals surface area contributed by atoms with Gasteiger partial charge in [-0.3, -0.25) is 0 Å². The van der Waals surface area contributed by atoms with E-state index in [4.69, 9.17) is 4.74 Å². The average molecular weight is 319 g/mol. The third kappa shape index (κ3) is 3.96. The van der Waals surface area contributed by atoms with Gasteiger partial charge in [-0.2, -0.15) is 0 Å². The molecule has 1 saturated heterocycles. The SMILES string of the molecule is CC[C@H]1CC(NC(C)c2ccc(OCC3CNC3)c(F)c2)=CN1. The fourth-order valence-electron chi connectivity index (χ4n) is 2.90. The molecule has 0 saturated carbocycles. The monoisotopic (exact) mass is 319 g/mol. The predicted octanol–water partition coefficient (Wildman–Crippen LogP) is 2.69. The first-order valence-electron chi connectivity index (χ1n) is 8.50. The molecule has 0 bridgehead atoms. The maximum absolute atomic E-state index is 14.2. The second kappa shape index (κ2) is 7.21. The Morgan fingerprint density at radius 3 is 2.83 bits per heavy atom. The number of hydrogen-bond acceptors (Lipinski definition) is 4. The molecule has 1 unspecified atom stereocenters. The van der Waals surface area contributed by atoms with Crippen LogP contribution in [0.5, 0.6) is 5.75 Å². The van der Waals surface area contributed by atoms with Gasteiger partial charge >= 0.3 is 0 Å². The fraction of sp³-hybridized carbons (Fsp3) is 0.556. The second-order valence-electron chi connectivity index (χ2n) is 6.54. The van der Waals surface area contributed by atoms with Gasteiger partial charge in [0, 0.05) is 49.4 Å². The Hall–Kier alpha value is -1.75. The van der Waals surface area contributed by atoms with Crippen molar-refractivity contribution in [1.29, 1.82) is 0 Å². The van der Waals surface area contributed by atoms with Gasteiger partial charge in [0.05, 0.1) is 6.61 Å². The van der Waals surface area contributed by atoms with E-state index in [-0.39, 0.29) is 11.9 Å². The molecular weight excluding hydrogens is 293 g/mol. The Labute approximate surface area is 137 Å². The standard InChI is InChI=1S/C18H26FN3O/c1-3-15-7-16(10-21-15)22-12(2)14-4-5-18(17(19)6-14)23-11-13-8-20-9-13/h4-6,10,12-13,15,20-22H,3,7-9,11H2,1-2H3/t12?,15-/m0/s1. The van der Waals surface area contributed by atoms with Gasteiger partial charge in [-0.1, -0.05) is 13.0 Å². The number of ether oxygens (including phenoxy) is 1. The van der Waals surface area contributed by atoms with Crippen LogP contribution in [-0.4, -0.2) is 25.7 Å². The summed E-state index contributed by atoms with van der Waals surface area (Å²) < 4.78 is 19.8. The smallest absolute Gasteiger partial charge is 0.165 e. The number of nitrogens with one attached hydrogen (secondary N) is 3. The van der Waals surface area contributed by atoms with Gasteiger partial charge in [-0.15, -0.1) is 0 Å². The quantitative estimate of drug-likeness (QED) is 0.723. The zero-order valence-corrected chi connectivity index (χ0v) is 13.9. The highest BCUT2D eigenvalue weighted by Gasteiger charge is 2.19. The number of halogens is 1. The van der Waals surface area contributed by atoms with Gasteiger partial charge in [0.2, 0.25) is 0 Å². The van der Waals surface area contributed by atoms with Gasteiger partial charge in [-0.25, -0.2) is 4.39 Å². The Morgan fingerprint density at radius 1 is 1.39 bits per heavy atom. The number of rotatable bonds is 7. The Bertz CT molecular complexity index is 571. The van der Waals surface area contributed by atoms with Crippen molar-refractivity contribution in [2.45, 2.75) is 38.8 Å². The van der Waals surface area contributed by atoms with E-state index in [9.17, 15) is 4.39 Å². The Balaban J connectivity index is 1.55. The van der Waals surface area contributed by atoms with Crippen molar-refractivity contribution < 1.29 is 9.13 Å². The lowest BCUT2D eigenvalue weighted by molar-refractivity contribution is 0.193. The molecule has 0 amide bonds. The zero-order valence-electron chi connectivity index (χ0n) is 13.9. The van der Waals surface area contributed by atoms with Crippen molar-refractivity contribution in [1.82, 2.24) is 16.0 Å². The van der Waals surface area contributed by atoms with Gasteiger partial charge in [0.1, 0.15) is 0 Å². The second-order valence-corrected chi connectivity index (χ2v) is 6.54. The lowest BCUT2D eigenvalue weighted by Crippen LogP contribution is -2.45. The first-order chi connectivity index (χ1) is 11.2. The lowest BCUT2D eigenvalue weighted by atomic mass is 10.1. The van der Waals surface area contributed by atoms with Crippen LogP contribution < -0.4 is 20.7 Å². The van der Waals surface area contributed by atoms with Crippen LogP contribution in [0.2, 0.25) is 0 Å². The van der Waals surface area contributed by atoms with Gasteiger partial charge in [0.25, 0.3) is 0 Å². The summed E-state index contributed by atoms with van der Waals surface area (Å²) in [5, 5.41) is 9.99. The van der Waals surface area contributed by atoms with Crippen LogP contribution in [-0.2, 0) is 0 Å². The first-order valence-corrected chi connectivity index (χ1v) is 8.50. The highest BCUT2D eigenvalue weighted by Crippen LogP contribution is 2.24. The minimum Gasteiger partial charge on any atom is -0.490 e. The number of benzene rings is 1. The van der Waals surface area contributed by atoms with Crippen LogP contribution >= 0.6 is 0 Å². The third-order valence-electron chi connectivity index (χ3n) is 4.65. The summed E-state index contributed by atoms with van der Waals surface area (Å²) in [6.45, 7) is 6.72. The average Bonchev–Trinajstić information content (AvgIpc) is 2.94. The van der Waals surface area contributed by atoms with E-state index in [1.54, 1.807) is 12.1 Å². The van der Waals surface area contributed by atoms with Crippen molar-refractivity contribution in [2.24, 2.45) is 5.92 Å². The summed E-state index contributed by atoms with van der Waals surface area (Å²) in [5.74, 6) is 0.567. The minimum atomic E-state index is -0.284. The molecule has 2 heterocycles. The maximum atomic E-state index is 14.2. The molecule has 1 aromatic rings. The van der Waals surface area contributed by atoms with Crippen molar-refractivity contribution in [3.63, 3.8) is 0 Å². The molecule has 126 valence electrons. The molecule has 3 rings (SSSR count). The van der Waals surface area contributed by atoms with E-state index < -0.39 is 0 Å². The summed E-state index contributed by atoms with van der Waals surface area (Å²) in [4.78, 5) is 0. The lowest BCUT2D eigenvalue weighted by Gasteiger charge is -2.27. The maximum Gasteiger partial charge on any atom is 0.165 e. The Morgan fingerprint density at radius 2 is 2.22 bits per heavy atom. The van der Waals surface area contributed by atoms with Crippen LogP contribution in [0.25, 0.3) is 0 Å². The van der Waals surface area contributed by atoms with E-state index >= 15 is 0 Å². The molecule has 2 aliphatic heterocycles. The van der Waals surface area contributed by atoms with Crippen LogP contribution in [0, 0.1) is 11.7 Å². The fourth-order valence-corrected chi connectivity index (χ4v) is 2.90. The van der Waals surface area contributed by atoms with Crippen molar-refractivity contribution in [3.05, 3.63) is 41.5 Å². The molecule has 0 spiro atoms. The van der Waals surface area contributed by atoms with Crippen molar-refractivity contribution in [2.75, 3.05) is 19.7 Å². The van der Waals surface area contributed by atoms with E-state index in [1.807, 2.05) is 12.3 Å². The highest BCUT2D eigenvalue weighted by atomic mass is 19.1. The van der Waals surface area contributed by atoms with Gasteiger partial charge in [-0.05, 0) is 31.0 Å². The molecule has 5 heteroatoms. The molecule has 0 aromatic heterocycles. The van der Waals surface area contributed by atoms with Crippen LogP contribution in [0.15, 0.2) is 30.1 Å². The molecule has 1 aromatic carbocycles. The molecule has 2 atom stereocenters. The van der Waals surface area contributed by atoms with Crippen molar-refractivity contribution >= 4 is 0 Å². The summed E-state index contributed by atoms with van der Waals surface area (Å²) in [7, 11) is 0. The van der Waals surface area contributed by atoms with E-state index in [0.717, 1.165) is 31.5 Å². The van der Waals surface area contributed by atoms with Crippen LogP contribution in [0.3, 0.4) is 0 Å². The largest absolute Gasteiger partial charge is 0.490 e. The molecule has 23 heavy (non-hydrogen) atoms. The third-order valence-corrected chi connectivity index (χ3v) is 4.65. The highest BCUT2D eigenvalue weighted by molar-refractivity contribution is 5.31. The zero-order chi connectivity index (χ0) is 16.2. The molecular formula is C18H26FN3O. The number of hydrogen-bond donors (Lipinski definition) is 3. The summed E-state index contributed by atoms with van der Waals surface area (Å²) in [5.41, 5.74) is 2.11. The minimum absolute atomic E-state index is 0.0676. The van der Waals surface area contributed by atoms with Crippen molar-refractivity contribution in [3.8, 4) is 5.75 Å². The van der Waals surface area contributed by atoms with E-state index in [1.165, 1.54) is 5.70 Å². The molecule has 0 aliphatic carbocycles.